The fourth-order valence-corrected chi connectivity index (χ4v) is 2.56. The molecule has 8 heteroatoms. The number of carbonyl (C=O) groups excluding carboxylic acids is 1. The van der Waals surface area contributed by atoms with Gasteiger partial charge in [0, 0.05) is 7.05 Å². The van der Waals surface area contributed by atoms with E-state index in [9.17, 15) is 9.18 Å². The standard InChI is InChI=1S/C19H17ClFN3O3/c1-24-19(20)15(11-22-24)23-18(25)10-12-3-8-16(17(9-12)26-2)27-14-6-4-13(21)5-7-14/h3-9,11H,10H2,1-2H3,(H,23,25). The van der Waals surface area contributed by atoms with Crippen LogP contribution >= 0.6 is 11.6 Å². The summed E-state index contributed by atoms with van der Waals surface area (Å²) in [6.07, 6.45) is 1.61. The molecule has 0 saturated carbocycles. The Morgan fingerprint density at radius 2 is 1.96 bits per heavy atom. The number of rotatable bonds is 6. The summed E-state index contributed by atoms with van der Waals surface area (Å²) in [5, 5.41) is 7.04. The molecular formula is C19H17ClFN3O3. The van der Waals surface area contributed by atoms with Crippen molar-refractivity contribution in [1.29, 1.82) is 0 Å². The molecular weight excluding hydrogens is 373 g/mol. The Bertz CT molecular complexity index is 957. The molecule has 140 valence electrons. The van der Waals surface area contributed by atoms with E-state index in [0.29, 0.717) is 28.1 Å². The van der Waals surface area contributed by atoms with Gasteiger partial charge in [0.2, 0.25) is 5.91 Å². The predicted octanol–water partition coefficient (Wildman–Crippen LogP) is 4.19. The third-order valence-electron chi connectivity index (χ3n) is 3.77. The molecule has 2 aromatic carbocycles. The first-order valence-electron chi connectivity index (χ1n) is 8.04. The Labute approximate surface area is 160 Å². The van der Waals surface area contributed by atoms with E-state index >= 15 is 0 Å². The van der Waals surface area contributed by atoms with E-state index in [1.54, 1.807) is 25.2 Å². The molecule has 1 N–H and O–H groups in total. The van der Waals surface area contributed by atoms with Crippen LogP contribution in [0.25, 0.3) is 0 Å². The smallest absolute Gasteiger partial charge is 0.228 e. The minimum absolute atomic E-state index is 0.123. The van der Waals surface area contributed by atoms with Gasteiger partial charge in [-0.15, -0.1) is 0 Å². The van der Waals surface area contributed by atoms with Gasteiger partial charge in [-0.05, 0) is 42.0 Å². The summed E-state index contributed by atoms with van der Waals surface area (Å²) in [6.45, 7) is 0. The van der Waals surface area contributed by atoms with Crippen molar-refractivity contribution in [2.24, 2.45) is 7.05 Å². The first-order chi connectivity index (χ1) is 13.0. The van der Waals surface area contributed by atoms with E-state index in [1.165, 1.54) is 42.3 Å². The van der Waals surface area contributed by atoms with Crippen molar-refractivity contribution in [2.75, 3.05) is 12.4 Å². The van der Waals surface area contributed by atoms with Crippen LogP contribution in [0.2, 0.25) is 5.15 Å². The van der Waals surface area contributed by atoms with Crippen molar-refractivity contribution in [3.8, 4) is 17.2 Å². The number of amides is 1. The number of nitrogens with one attached hydrogen (secondary N) is 1. The van der Waals surface area contributed by atoms with E-state index in [1.807, 2.05) is 0 Å². The lowest BCUT2D eigenvalue weighted by molar-refractivity contribution is -0.115. The fraction of sp³-hybridized carbons (Fsp3) is 0.158. The molecule has 0 saturated heterocycles. The topological polar surface area (TPSA) is 65.4 Å². The largest absolute Gasteiger partial charge is 0.493 e. The summed E-state index contributed by atoms with van der Waals surface area (Å²) < 4.78 is 25.5. The van der Waals surface area contributed by atoms with Crippen LogP contribution in [0.1, 0.15) is 5.56 Å². The van der Waals surface area contributed by atoms with Crippen LogP contribution < -0.4 is 14.8 Å². The lowest BCUT2D eigenvalue weighted by Crippen LogP contribution is -2.14. The van der Waals surface area contributed by atoms with Gasteiger partial charge in [-0.25, -0.2) is 4.39 Å². The van der Waals surface area contributed by atoms with E-state index in [4.69, 9.17) is 21.1 Å². The zero-order chi connectivity index (χ0) is 19.4. The summed E-state index contributed by atoms with van der Waals surface area (Å²) in [5.41, 5.74) is 1.18. The highest BCUT2D eigenvalue weighted by Crippen LogP contribution is 2.32. The quantitative estimate of drug-likeness (QED) is 0.686. The molecule has 1 heterocycles. The highest BCUT2D eigenvalue weighted by Gasteiger charge is 2.13. The number of nitrogens with zero attached hydrogens (tertiary/aromatic N) is 2. The number of ether oxygens (including phenoxy) is 2. The Hall–Kier alpha value is -3.06. The molecule has 0 aliphatic heterocycles. The van der Waals surface area contributed by atoms with Crippen molar-refractivity contribution >= 4 is 23.2 Å². The Morgan fingerprint density at radius 1 is 1.22 bits per heavy atom. The number of benzene rings is 2. The Morgan fingerprint density at radius 3 is 2.59 bits per heavy atom. The van der Waals surface area contributed by atoms with E-state index in [2.05, 4.69) is 10.4 Å². The molecule has 0 spiro atoms. The van der Waals surface area contributed by atoms with Crippen molar-refractivity contribution in [3.63, 3.8) is 0 Å². The van der Waals surface area contributed by atoms with Crippen molar-refractivity contribution in [2.45, 2.75) is 6.42 Å². The summed E-state index contributed by atoms with van der Waals surface area (Å²) in [7, 11) is 3.19. The first kappa shape index (κ1) is 18.7. The van der Waals surface area contributed by atoms with E-state index < -0.39 is 0 Å². The minimum atomic E-state index is -0.343. The lowest BCUT2D eigenvalue weighted by Gasteiger charge is -2.12. The monoisotopic (exact) mass is 389 g/mol. The zero-order valence-corrected chi connectivity index (χ0v) is 15.5. The molecule has 0 aliphatic rings. The number of halogens is 2. The average molecular weight is 390 g/mol. The number of hydrogen-bond donors (Lipinski definition) is 1. The molecule has 0 bridgehead atoms. The molecule has 0 radical (unpaired) electrons. The van der Waals surface area contributed by atoms with Gasteiger partial charge in [-0.3, -0.25) is 9.48 Å². The van der Waals surface area contributed by atoms with Crippen molar-refractivity contribution in [1.82, 2.24) is 9.78 Å². The molecule has 6 nitrogen and oxygen atoms in total. The molecule has 1 aromatic heterocycles. The van der Waals surface area contributed by atoms with Gasteiger partial charge in [-0.1, -0.05) is 17.7 Å². The number of aromatic nitrogens is 2. The van der Waals surface area contributed by atoms with Gasteiger partial charge < -0.3 is 14.8 Å². The SMILES string of the molecule is COc1cc(CC(=O)Nc2cnn(C)c2Cl)ccc1Oc1ccc(F)cc1. The van der Waals surface area contributed by atoms with Gasteiger partial charge in [0.15, 0.2) is 11.5 Å². The maximum atomic E-state index is 13.0. The molecule has 3 aromatic rings. The highest BCUT2D eigenvalue weighted by atomic mass is 35.5. The number of methoxy groups -OCH3 is 1. The second-order valence-electron chi connectivity index (χ2n) is 5.74. The summed E-state index contributed by atoms with van der Waals surface area (Å²) in [6, 6.07) is 10.8. The minimum Gasteiger partial charge on any atom is -0.493 e. The third-order valence-corrected chi connectivity index (χ3v) is 4.22. The van der Waals surface area contributed by atoms with Crippen LogP contribution in [0.5, 0.6) is 17.2 Å². The van der Waals surface area contributed by atoms with E-state index in [0.717, 1.165) is 5.56 Å². The number of anilines is 1. The van der Waals surface area contributed by atoms with Crippen LogP contribution in [-0.2, 0) is 18.3 Å². The third kappa shape index (κ3) is 4.57. The number of hydrogen-bond acceptors (Lipinski definition) is 4. The second kappa shape index (κ2) is 8.09. The predicted molar refractivity (Wildman–Crippen MR) is 100 cm³/mol. The molecule has 3 rings (SSSR count). The molecule has 0 unspecified atom stereocenters. The Balaban J connectivity index is 1.70. The molecule has 0 fully saturated rings. The summed E-state index contributed by atoms with van der Waals surface area (Å²) in [5.74, 6) is 0.822. The molecule has 0 atom stereocenters. The van der Waals surface area contributed by atoms with Crippen LogP contribution in [0.3, 0.4) is 0 Å². The average Bonchev–Trinajstić information content (AvgIpc) is 2.96. The van der Waals surface area contributed by atoms with Gasteiger partial charge in [-0.2, -0.15) is 5.10 Å². The van der Waals surface area contributed by atoms with Crippen LogP contribution in [-0.4, -0.2) is 22.8 Å². The summed E-state index contributed by atoms with van der Waals surface area (Å²) in [4.78, 5) is 12.2. The zero-order valence-electron chi connectivity index (χ0n) is 14.7. The van der Waals surface area contributed by atoms with Gasteiger partial charge >= 0.3 is 0 Å². The van der Waals surface area contributed by atoms with Gasteiger partial charge in [0.05, 0.1) is 25.4 Å². The first-order valence-corrected chi connectivity index (χ1v) is 8.41. The molecule has 0 aliphatic carbocycles. The van der Waals surface area contributed by atoms with Crippen LogP contribution in [0, 0.1) is 5.82 Å². The summed E-state index contributed by atoms with van der Waals surface area (Å²) >= 11 is 6.04. The number of carbonyl (C=O) groups is 1. The van der Waals surface area contributed by atoms with Crippen molar-refractivity contribution in [3.05, 3.63) is 65.2 Å². The van der Waals surface area contributed by atoms with Crippen molar-refractivity contribution < 1.29 is 18.7 Å². The highest BCUT2D eigenvalue weighted by molar-refractivity contribution is 6.32. The number of aryl methyl sites for hydroxylation is 1. The lowest BCUT2D eigenvalue weighted by atomic mass is 10.1. The van der Waals surface area contributed by atoms with Crippen LogP contribution in [0.4, 0.5) is 10.1 Å². The van der Waals surface area contributed by atoms with E-state index in [-0.39, 0.29) is 18.1 Å². The van der Waals surface area contributed by atoms with Crippen LogP contribution in [0.15, 0.2) is 48.7 Å². The maximum absolute atomic E-state index is 13.0. The Kier molecular flexibility index (Phi) is 5.61. The normalized spacial score (nSPS) is 10.5. The molecule has 27 heavy (non-hydrogen) atoms. The fourth-order valence-electron chi connectivity index (χ4n) is 2.42. The van der Waals surface area contributed by atoms with Gasteiger partial charge in [0.25, 0.3) is 0 Å². The van der Waals surface area contributed by atoms with Gasteiger partial charge in [0.1, 0.15) is 16.7 Å². The maximum Gasteiger partial charge on any atom is 0.228 e. The second-order valence-corrected chi connectivity index (χ2v) is 6.10. The molecule has 1 amide bonds.